The summed E-state index contributed by atoms with van der Waals surface area (Å²) in [6.45, 7) is 7.00. The summed E-state index contributed by atoms with van der Waals surface area (Å²) in [6.07, 6.45) is 9.01. The summed E-state index contributed by atoms with van der Waals surface area (Å²) in [5.41, 5.74) is -0.158. The van der Waals surface area contributed by atoms with E-state index in [0.717, 1.165) is 40.2 Å². The molecule has 1 spiro atoms. The van der Waals surface area contributed by atoms with Crippen molar-refractivity contribution < 1.29 is 42.5 Å². The normalized spacial score (nSPS) is 39.6. The highest BCUT2D eigenvalue weighted by Gasteiger charge is 2.79. The van der Waals surface area contributed by atoms with Gasteiger partial charge in [0.1, 0.15) is 11.5 Å². The number of piperidine rings is 1. The first-order valence-corrected chi connectivity index (χ1v) is 22.1. The summed E-state index contributed by atoms with van der Waals surface area (Å²) in [6, 6.07) is 5.03. The molecular formula is C46H58F2N4O7S. The molecule has 2 aromatic rings. The number of fused-ring (bicyclic) bond motifs is 6. The predicted molar refractivity (Wildman–Crippen MR) is 225 cm³/mol. The van der Waals surface area contributed by atoms with E-state index in [9.17, 15) is 14.7 Å². The van der Waals surface area contributed by atoms with E-state index in [-0.39, 0.29) is 31.3 Å². The van der Waals surface area contributed by atoms with Gasteiger partial charge in [0, 0.05) is 104 Å². The molecule has 60 heavy (non-hydrogen) atoms. The quantitative estimate of drug-likeness (QED) is 0.141. The third-order valence-electron chi connectivity index (χ3n) is 16.0. The van der Waals surface area contributed by atoms with Gasteiger partial charge in [-0.3, -0.25) is 19.3 Å². The lowest BCUT2D eigenvalue weighted by atomic mass is 9.47. The van der Waals surface area contributed by atoms with Crippen molar-refractivity contribution in [1.82, 2.24) is 19.7 Å². The minimum Gasteiger partial charge on any atom is -0.468 e. The van der Waals surface area contributed by atoms with Crippen LogP contribution in [0, 0.1) is 28.6 Å². The number of aliphatic hydroxyl groups is 1. The molecule has 2 bridgehead atoms. The van der Waals surface area contributed by atoms with Gasteiger partial charge in [-0.1, -0.05) is 31.2 Å². The average molecular weight is 849 g/mol. The summed E-state index contributed by atoms with van der Waals surface area (Å²) in [4.78, 5) is 52.1. The molecule has 12 atom stereocenters. The second-order valence-electron chi connectivity index (χ2n) is 18.9. The Kier molecular flexibility index (Phi) is 10.1. The van der Waals surface area contributed by atoms with E-state index < -0.39 is 69.8 Å². The minimum absolute atomic E-state index is 0.218. The predicted octanol–water partition coefficient (Wildman–Crippen LogP) is 5.22. The van der Waals surface area contributed by atoms with E-state index in [1.165, 1.54) is 14.0 Å². The maximum Gasteiger partial charge on any atom is 0.318 e. The summed E-state index contributed by atoms with van der Waals surface area (Å²) in [5.74, 6) is -5.37. The number of rotatable bonds is 8. The maximum absolute atomic E-state index is 15.4. The fourth-order valence-corrected chi connectivity index (χ4v) is 14.1. The molecule has 1 aromatic carbocycles. The molecule has 4 unspecified atom stereocenters. The Bertz CT molecular complexity index is 2200. The maximum atomic E-state index is 15.4. The number of nitrogens with one attached hydrogen (secondary N) is 1. The summed E-state index contributed by atoms with van der Waals surface area (Å²) in [7, 11) is 4.88. The SMILES string of the molecule is CC[C@]12C=CCN3CC[C@@]4(C5=CC([C@@]6(C(=O)OC)C[C@H]7CC(C(C)(F)F)CN(CCc8c6[nH]c6ccc(CS)cc86)C7)C(OC)C=C5N(C)[C@H]4[C@@](O)(C=O)[C@@H]1OC(C)=O)[C@@H]32. The molecule has 0 radical (unpaired) electrons. The summed E-state index contributed by atoms with van der Waals surface area (Å²) < 4.78 is 49.2. The number of thiol groups is 1. The summed E-state index contributed by atoms with van der Waals surface area (Å²) >= 11 is 4.59. The molecule has 0 amide bonds. The highest BCUT2D eigenvalue weighted by Crippen LogP contribution is 2.70. The molecule has 14 heteroatoms. The average Bonchev–Trinajstić information content (AvgIpc) is 3.89. The van der Waals surface area contributed by atoms with E-state index in [1.54, 1.807) is 7.11 Å². The van der Waals surface area contributed by atoms with Crippen molar-refractivity contribution in [2.45, 2.75) is 99.9 Å². The van der Waals surface area contributed by atoms with Crippen LogP contribution in [0.1, 0.15) is 63.3 Å². The van der Waals surface area contributed by atoms with Gasteiger partial charge >= 0.3 is 11.9 Å². The van der Waals surface area contributed by atoms with Crippen LogP contribution in [0.15, 0.2) is 53.8 Å². The Labute approximate surface area is 355 Å². The number of benzene rings is 1. The van der Waals surface area contributed by atoms with Crippen LogP contribution in [-0.4, -0.2) is 133 Å². The van der Waals surface area contributed by atoms with Crippen molar-refractivity contribution in [3.63, 3.8) is 0 Å². The highest BCUT2D eigenvalue weighted by molar-refractivity contribution is 7.79. The number of halogens is 2. The minimum atomic E-state index is -2.92. The number of aromatic amines is 1. The van der Waals surface area contributed by atoms with Gasteiger partial charge in [0.2, 0.25) is 5.92 Å². The number of hydrogen-bond acceptors (Lipinski definition) is 11. The van der Waals surface area contributed by atoms with E-state index in [0.29, 0.717) is 63.2 Å². The molecule has 4 fully saturated rings. The number of aldehydes is 1. The molecule has 9 rings (SSSR count). The van der Waals surface area contributed by atoms with Gasteiger partial charge in [0.15, 0.2) is 11.9 Å². The molecule has 2 aliphatic carbocycles. The second-order valence-corrected chi connectivity index (χ2v) is 19.2. The number of aromatic nitrogens is 1. The lowest BCUT2D eigenvalue weighted by Gasteiger charge is -2.63. The highest BCUT2D eigenvalue weighted by atomic mass is 32.1. The number of likely N-dealkylation sites (N-methyl/N-ethyl adjacent to an activating group) is 1. The Morgan fingerprint density at radius 1 is 1.15 bits per heavy atom. The van der Waals surface area contributed by atoms with Crippen molar-refractivity contribution in [2.75, 3.05) is 54.0 Å². The van der Waals surface area contributed by atoms with Crippen LogP contribution in [0.5, 0.6) is 0 Å². The molecule has 5 aliphatic heterocycles. The largest absolute Gasteiger partial charge is 0.468 e. The van der Waals surface area contributed by atoms with Crippen LogP contribution < -0.4 is 0 Å². The molecular weight excluding hydrogens is 791 g/mol. The van der Waals surface area contributed by atoms with Gasteiger partial charge in [-0.2, -0.15) is 12.6 Å². The van der Waals surface area contributed by atoms with E-state index >= 15 is 13.6 Å². The number of esters is 2. The Hall–Kier alpha value is -3.56. The standard InChI is InChI=1S/C46H58F2N4O7S/c1-7-43-12-8-14-52-16-13-44(38(43)52)32-19-33(36(57-5)20-35(32)50(4)39(44)46(56,25-53)40(43)59-26(2)54)45(41(55)58-6)21-28-17-29(42(3,47)48)23-51(22-28)15-11-30-31-18-27(24-60)9-10-34(31)49-37(30)45/h8-10,12,18-20,25,28-29,33,36,38-40,49,56,60H,7,11,13-17,21-24H2,1-6H3/t28-,29?,33?,36?,38+,39-,40-,43-,44-,45+,46+/m1/s1. The van der Waals surface area contributed by atoms with Gasteiger partial charge in [-0.15, -0.1) is 0 Å². The Balaban J connectivity index is 1.32. The zero-order chi connectivity index (χ0) is 42.7. The molecule has 1 aromatic heterocycles. The van der Waals surface area contributed by atoms with E-state index in [4.69, 9.17) is 14.2 Å². The molecule has 324 valence electrons. The van der Waals surface area contributed by atoms with Crippen molar-refractivity contribution in [2.24, 2.45) is 28.6 Å². The van der Waals surface area contributed by atoms with Gasteiger partial charge in [-0.25, -0.2) is 8.78 Å². The molecule has 2 N–H and O–H groups in total. The lowest BCUT2D eigenvalue weighted by molar-refractivity contribution is -0.226. The number of carbonyl (C=O) groups excluding carboxylic acids is 3. The number of allylic oxidation sites excluding steroid dienone is 1. The van der Waals surface area contributed by atoms with Crippen molar-refractivity contribution in [1.29, 1.82) is 0 Å². The van der Waals surface area contributed by atoms with E-state index in [1.807, 2.05) is 37.1 Å². The fourth-order valence-electron chi connectivity index (χ4n) is 13.9. The van der Waals surface area contributed by atoms with Crippen LogP contribution in [0.2, 0.25) is 0 Å². The summed E-state index contributed by atoms with van der Waals surface area (Å²) in [5, 5.41) is 14.0. The monoisotopic (exact) mass is 848 g/mol. The molecule has 1 saturated carbocycles. The number of nitrogens with zero attached hydrogens (tertiary/aromatic N) is 3. The first-order valence-electron chi connectivity index (χ1n) is 21.5. The van der Waals surface area contributed by atoms with E-state index in [2.05, 4.69) is 51.7 Å². The Morgan fingerprint density at radius 3 is 2.60 bits per heavy atom. The number of likely N-dealkylation sites (tertiary alicyclic amines) is 1. The number of ether oxygens (including phenoxy) is 3. The fraction of sp³-hybridized carbons (Fsp3) is 0.630. The molecule has 6 heterocycles. The van der Waals surface area contributed by atoms with Gasteiger partial charge in [0.05, 0.1) is 19.3 Å². The molecule has 3 saturated heterocycles. The smallest absolute Gasteiger partial charge is 0.318 e. The van der Waals surface area contributed by atoms with Crippen LogP contribution in [0.25, 0.3) is 10.9 Å². The van der Waals surface area contributed by atoms with Gasteiger partial charge in [-0.05, 0) is 86.4 Å². The van der Waals surface area contributed by atoms with Crippen LogP contribution in [-0.2, 0) is 46.2 Å². The number of carbonyl (C=O) groups is 3. The third kappa shape index (κ3) is 5.61. The molecule has 11 nitrogen and oxygen atoms in total. The number of alkyl halides is 2. The molecule has 7 aliphatic rings. The first-order chi connectivity index (χ1) is 28.6. The van der Waals surface area contributed by atoms with Crippen molar-refractivity contribution in [3.05, 3.63) is 70.6 Å². The zero-order valence-electron chi connectivity index (χ0n) is 35.4. The lowest BCUT2D eigenvalue weighted by Crippen LogP contribution is -2.78. The van der Waals surface area contributed by atoms with Crippen molar-refractivity contribution in [3.8, 4) is 0 Å². The zero-order valence-corrected chi connectivity index (χ0v) is 36.3. The topological polar surface area (TPSA) is 125 Å². The van der Waals surface area contributed by atoms with Gasteiger partial charge < -0.3 is 34.1 Å². The number of H-pyrrole nitrogens is 1. The van der Waals surface area contributed by atoms with Crippen molar-refractivity contribution >= 4 is 41.8 Å². The third-order valence-corrected chi connectivity index (χ3v) is 16.4. The number of hydrogen-bond donors (Lipinski definition) is 3. The Morgan fingerprint density at radius 2 is 1.93 bits per heavy atom. The number of methoxy groups -OCH3 is 2. The van der Waals surface area contributed by atoms with Gasteiger partial charge in [0.25, 0.3) is 0 Å². The second kappa shape index (κ2) is 14.5. The van der Waals surface area contributed by atoms with Crippen LogP contribution in [0.3, 0.4) is 0 Å². The van der Waals surface area contributed by atoms with Crippen LogP contribution >= 0.6 is 12.6 Å². The van der Waals surface area contributed by atoms with Crippen LogP contribution in [0.4, 0.5) is 8.78 Å². The first kappa shape index (κ1) is 41.8.